The predicted molar refractivity (Wildman–Crippen MR) is 42.0 cm³/mol. The third-order valence-corrected chi connectivity index (χ3v) is 1.88. The van der Waals surface area contributed by atoms with Crippen molar-refractivity contribution in [1.29, 1.82) is 0 Å². The Bertz CT molecular complexity index is 57.4. The molecule has 0 aromatic rings. The zero-order valence-corrected chi connectivity index (χ0v) is 6.62. The van der Waals surface area contributed by atoms with Gasteiger partial charge >= 0.3 is 0 Å². The van der Waals surface area contributed by atoms with Crippen LogP contribution in [0.1, 0.15) is 33.6 Å². The van der Waals surface area contributed by atoms with E-state index in [1.165, 1.54) is 19.2 Å². The smallest absolute Gasteiger partial charge is 0.0806 e. The summed E-state index contributed by atoms with van der Waals surface area (Å²) in [6.07, 6.45) is 3.99. The summed E-state index contributed by atoms with van der Waals surface area (Å²) < 4.78 is 0. The normalized spacial score (nSPS) is 11.9. The monoisotopic (exact) mass is 112 g/mol. The third-order valence-electron chi connectivity index (χ3n) is 1.88. The van der Waals surface area contributed by atoms with E-state index in [1.807, 2.05) is 0 Å². The molecule has 0 nitrogen and oxygen atoms in total. The van der Waals surface area contributed by atoms with Crippen LogP contribution < -0.4 is 0 Å². The Kier molecular flexibility index (Phi) is 3.19. The van der Waals surface area contributed by atoms with E-state index in [9.17, 15) is 0 Å². The molecule has 0 aliphatic rings. The van der Waals surface area contributed by atoms with Gasteiger partial charge in [-0.1, -0.05) is 39.9 Å². The Balaban J connectivity index is 3.37. The Labute approximate surface area is 54.1 Å². The van der Waals surface area contributed by atoms with Gasteiger partial charge in [0.2, 0.25) is 0 Å². The van der Waals surface area contributed by atoms with Crippen LogP contribution in [0.15, 0.2) is 0 Å². The summed E-state index contributed by atoms with van der Waals surface area (Å²) in [5, 5.41) is 0. The van der Waals surface area contributed by atoms with E-state index >= 15 is 0 Å². The van der Waals surface area contributed by atoms with Crippen LogP contribution in [0.3, 0.4) is 0 Å². The molecule has 0 aromatic carbocycles. The number of hydrogen-bond acceptors (Lipinski definition) is 0. The molecule has 0 atom stereocenters. The second-order valence-electron chi connectivity index (χ2n) is 3.27. The molecule has 0 bridgehead atoms. The van der Waals surface area contributed by atoms with Crippen molar-refractivity contribution in [3.05, 3.63) is 0 Å². The Morgan fingerprint density at radius 3 is 2.00 bits per heavy atom. The molecule has 1 heteroatoms. The molecule has 48 valence electrons. The SMILES string of the molecule is BCCC(C)(C)CC. The first-order chi connectivity index (χ1) is 3.62. The van der Waals surface area contributed by atoms with Crippen LogP contribution >= 0.6 is 0 Å². The maximum atomic E-state index is 2.33. The first-order valence-electron chi connectivity index (χ1n) is 3.62. The Hall–Kier alpha value is 0.0649. The van der Waals surface area contributed by atoms with Crippen molar-refractivity contribution >= 4 is 7.85 Å². The zero-order chi connectivity index (χ0) is 6.62. The molecule has 0 rings (SSSR count). The van der Waals surface area contributed by atoms with Crippen molar-refractivity contribution in [2.45, 2.75) is 39.9 Å². The van der Waals surface area contributed by atoms with Crippen LogP contribution in [0.5, 0.6) is 0 Å². The van der Waals surface area contributed by atoms with Crippen LogP contribution in [0.25, 0.3) is 0 Å². The van der Waals surface area contributed by atoms with Gasteiger partial charge in [-0.2, -0.15) is 0 Å². The molecule has 0 fully saturated rings. The van der Waals surface area contributed by atoms with Gasteiger partial charge in [0.05, 0.1) is 0 Å². The van der Waals surface area contributed by atoms with Gasteiger partial charge in [-0.25, -0.2) is 0 Å². The lowest BCUT2D eigenvalue weighted by Gasteiger charge is -2.20. The highest BCUT2D eigenvalue weighted by Gasteiger charge is 2.11. The minimum Gasteiger partial charge on any atom is -0.0806 e. The Morgan fingerprint density at radius 1 is 1.38 bits per heavy atom. The summed E-state index contributed by atoms with van der Waals surface area (Å²) in [6, 6.07) is 0. The molecule has 0 N–H and O–H groups in total. The van der Waals surface area contributed by atoms with Crippen molar-refractivity contribution in [1.82, 2.24) is 0 Å². The summed E-state index contributed by atoms with van der Waals surface area (Å²) in [5.74, 6) is 0. The average Bonchev–Trinajstić information content (AvgIpc) is 1.67. The van der Waals surface area contributed by atoms with Crippen molar-refractivity contribution in [3.8, 4) is 0 Å². The maximum absolute atomic E-state index is 2.33. The first-order valence-corrected chi connectivity index (χ1v) is 3.62. The standard InChI is InChI=1S/C7H17B/c1-4-7(2,3)5-6-8/h4-6,8H2,1-3H3. The lowest BCUT2D eigenvalue weighted by molar-refractivity contribution is 0.338. The van der Waals surface area contributed by atoms with Gasteiger partial charge in [0, 0.05) is 0 Å². The van der Waals surface area contributed by atoms with Crippen molar-refractivity contribution < 1.29 is 0 Å². The summed E-state index contributed by atoms with van der Waals surface area (Å²) >= 11 is 0. The molecule has 0 radical (unpaired) electrons. The molecule has 0 aliphatic carbocycles. The fraction of sp³-hybridized carbons (Fsp3) is 1.00. The quantitative estimate of drug-likeness (QED) is 0.489. The van der Waals surface area contributed by atoms with Gasteiger partial charge in [-0.3, -0.25) is 0 Å². The molecule has 0 aromatic heterocycles. The summed E-state index contributed by atoms with van der Waals surface area (Å²) in [5.41, 5.74) is 0.592. The highest BCUT2D eigenvalue weighted by atomic mass is 14.2. The highest BCUT2D eigenvalue weighted by molar-refractivity contribution is 6.08. The summed E-state index contributed by atoms with van der Waals surface area (Å²) in [7, 11) is 2.25. The van der Waals surface area contributed by atoms with Crippen LogP contribution in [0.2, 0.25) is 6.32 Å². The minimum atomic E-state index is 0.592. The highest BCUT2D eigenvalue weighted by Crippen LogP contribution is 2.25. The molecular formula is C7H17B. The number of hydrogen-bond donors (Lipinski definition) is 0. The average molecular weight is 112 g/mol. The second kappa shape index (κ2) is 3.16. The van der Waals surface area contributed by atoms with Crippen molar-refractivity contribution in [3.63, 3.8) is 0 Å². The largest absolute Gasteiger partial charge is 0.101 e. The third kappa shape index (κ3) is 3.12. The minimum absolute atomic E-state index is 0.592. The van der Waals surface area contributed by atoms with Crippen molar-refractivity contribution in [2.24, 2.45) is 5.41 Å². The molecule has 0 amide bonds. The zero-order valence-electron chi connectivity index (χ0n) is 6.62. The lowest BCUT2D eigenvalue weighted by atomic mass is 9.81. The van der Waals surface area contributed by atoms with E-state index < -0.39 is 0 Å². The fourth-order valence-electron chi connectivity index (χ4n) is 0.854. The predicted octanol–water partition coefficient (Wildman–Crippen LogP) is 1.86. The lowest BCUT2D eigenvalue weighted by Crippen LogP contribution is -2.08. The molecular weight excluding hydrogens is 94.9 g/mol. The molecule has 8 heavy (non-hydrogen) atoms. The summed E-state index contributed by atoms with van der Waals surface area (Å²) in [6.45, 7) is 6.92. The summed E-state index contributed by atoms with van der Waals surface area (Å²) in [4.78, 5) is 0. The van der Waals surface area contributed by atoms with E-state index in [0.717, 1.165) is 0 Å². The van der Waals surface area contributed by atoms with E-state index in [0.29, 0.717) is 5.41 Å². The van der Waals surface area contributed by atoms with E-state index in [2.05, 4.69) is 28.6 Å². The van der Waals surface area contributed by atoms with E-state index in [4.69, 9.17) is 0 Å². The van der Waals surface area contributed by atoms with Gasteiger partial charge in [-0.05, 0) is 5.41 Å². The molecule has 0 unspecified atom stereocenters. The molecule has 0 saturated carbocycles. The molecule has 0 heterocycles. The Morgan fingerprint density at radius 2 is 1.88 bits per heavy atom. The van der Waals surface area contributed by atoms with Gasteiger partial charge in [0.25, 0.3) is 0 Å². The van der Waals surface area contributed by atoms with Crippen molar-refractivity contribution in [2.75, 3.05) is 0 Å². The van der Waals surface area contributed by atoms with Gasteiger partial charge < -0.3 is 0 Å². The maximum Gasteiger partial charge on any atom is 0.101 e. The molecule has 0 saturated heterocycles. The van der Waals surface area contributed by atoms with Gasteiger partial charge in [0.15, 0.2) is 0 Å². The van der Waals surface area contributed by atoms with Gasteiger partial charge in [0.1, 0.15) is 7.85 Å². The van der Waals surface area contributed by atoms with Crippen LogP contribution in [-0.4, -0.2) is 7.85 Å². The number of rotatable bonds is 3. The fourth-order valence-corrected chi connectivity index (χ4v) is 0.854. The second-order valence-corrected chi connectivity index (χ2v) is 3.27. The van der Waals surface area contributed by atoms with Crippen LogP contribution in [0, 0.1) is 5.41 Å². The van der Waals surface area contributed by atoms with Crippen LogP contribution in [0.4, 0.5) is 0 Å². The first kappa shape index (κ1) is 8.06. The van der Waals surface area contributed by atoms with Crippen LogP contribution in [-0.2, 0) is 0 Å². The molecule has 0 aliphatic heterocycles. The topological polar surface area (TPSA) is 0 Å². The van der Waals surface area contributed by atoms with Gasteiger partial charge in [-0.15, -0.1) is 0 Å². The van der Waals surface area contributed by atoms with E-state index in [-0.39, 0.29) is 0 Å². The molecule has 0 spiro atoms. The van der Waals surface area contributed by atoms with E-state index in [1.54, 1.807) is 0 Å².